The molecule has 1 aliphatic rings. The standard InChI is InChI=1S/C22H22N4O2S2/c1-5-26-21(28)18(30-22(26)29)10-16-14(3)17(11-23)20(27)25(4)19(16)24-12-15-8-6-13(2)7-9-15/h6-10,24H,5,12H2,1-4H3/b18-10-. The van der Waals surface area contributed by atoms with Crippen molar-refractivity contribution in [2.45, 2.75) is 27.3 Å². The number of thioether (sulfide) groups is 1. The second-order valence-corrected chi connectivity index (χ2v) is 8.68. The topological polar surface area (TPSA) is 78.1 Å². The molecule has 2 heterocycles. The van der Waals surface area contributed by atoms with Crippen LogP contribution in [0, 0.1) is 25.2 Å². The summed E-state index contributed by atoms with van der Waals surface area (Å²) in [5.41, 5.74) is 3.08. The minimum absolute atomic E-state index is 0.0654. The minimum atomic E-state index is -0.375. The first-order valence-electron chi connectivity index (χ1n) is 9.47. The molecular formula is C22H22N4O2S2. The predicted molar refractivity (Wildman–Crippen MR) is 125 cm³/mol. The zero-order chi connectivity index (χ0) is 22.0. The molecule has 1 amide bonds. The maximum Gasteiger partial charge on any atom is 0.270 e. The van der Waals surface area contributed by atoms with E-state index in [1.807, 2.05) is 44.2 Å². The Balaban J connectivity index is 2.10. The van der Waals surface area contributed by atoms with E-state index in [2.05, 4.69) is 5.32 Å². The van der Waals surface area contributed by atoms with E-state index >= 15 is 0 Å². The van der Waals surface area contributed by atoms with Crippen molar-refractivity contribution in [3.8, 4) is 6.07 Å². The number of carbonyl (C=O) groups excluding carboxylic acids is 1. The van der Waals surface area contributed by atoms with Crippen LogP contribution in [0.15, 0.2) is 34.0 Å². The van der Waals surface area contributed by atoms with Gasteiger partial charge in [0.25, 0.3) is 11.5 Å². The highest BCUT2D eigenvalue weighted by Crippen LogP contribution is 2.34. The van der Waals surface area contributed by atoms with Crippen LogP contribution in [-0.2, 0) is 18.4 Å². The van der Waals surface area contributed by atoms with Crippen LogP contribution in [0.1, 0.15) is 34.7 Å². The van der Waals surface area contributed by atoms with Gasteiger partial charge in [-0.1, -0.05) is 53.8 Å². The number of aryl methyl sites for hydroxylation is 1. The van der Waals surface area contributed by atoms with Crippen molar-refractivity contribution in [2.24, 2.45) is 7.05 Å². The number of amides is 1. The third-order valence-electron chi connectivity index (χ3n) is 5.05. The molecular weight excluding hydrogens is 416 g/mol. The van der Waals surface area contributed by atoms with Gasteiger partial charge in [-0.05, 0) is 38.0 Å². The number of thiocarbonyl (C=S) groups is 1. The monoisotopic (exact) mass is 438 g/mol. The predicted octanol–water partition coefficient (Wildman–Crippen LogP) is 3.71. The molecule has 1 saturated heterocycles. The van der Waals surface area contributed by atoms with Crippen molar-refractivity contribution < 1.29 is 4.79 Å². The van der Waals surface area contributed by atoms with Gasteiger partial charge in [-0.15, -0.1) is 0 Å². The molecule has 1 aromatic carbocycles. The molecule has 154 valence electrons. The van der Waals surface area contributed by atoms with Gasteiger partial charge in [-0.3, -0.25) is 19.1 Å². The Morgan fingerprint density at radius 1 is 1.23 bits per heavy atom. The Bertz CT molecular complexity index is 1160. The molecule has 6 nitrogen and oxygen atoms in total. The second kappa shape index (κ2) is 8.86. The highest BCUT2D eigenvalue weighted by Gasteiger charge is 2.31. The van der Waals surface area contributed by atoms with E-state index in [1.165, 1.54) is 26.8 Å². The first-order chi connectivity index (χ1) is 14.3. The van der Waals surface area contributed by atoms with Gasteiger partial charge in [-0.2, -0.15) is 5.26 Å². The summed E-state index contributed by atoms with van der Waals surface area (Å²) in [6, 6.07) is 10.1. The van der Waals surface area contributed by atoms with Gasteiger partial charge >= 0.3 is 0 Å². The molecule has 0 spiro atoms. The summed E-state index contributed by atoms with van der Waals surface area (Å²) in [7, 11) is 1.62. The summed E-state index contributed by atoms with van der Waals surface area (Å²) in [6.45, 7) is 6.61. The molecule has 1 fully saturated rings. The van der Waals surface area contributed by atoms with Crippen LogP contribution < -0.4 is 10.9 Å². The Labute approximate surface area is 185 Å². The van der Waals surface area contributed by atoms with Gasteiger partial charge in [0, 0.05) is 25.7 Å². The number of hydrogen-bond acceptors (Lipinski definition) is 6. The lowest BCUT2D eigenvalue weighted by molar-refractivity contribution is -0.121. The van der Waals surface area contributed by atoms with Gasteiger partial charge in [0.05, 0.1) is 4.91 Å². The SMILES string of the molecule is CCN1C(=O)/C(=C/c2c(C)c(C#N)c(=O)n(C)c2NCc2ccc(C)cc2)SC1=S. The smallest absolute Gasteiger partial charge is 0.270 e. The number of nitrogens with one attached hydrogen (secondary N) is 1. The summed E-state index contributed by atoms with van der Waals surface area (Å²) in [6.07, 6.45) is 1.72. The number of nitriles is 1. The van der Waals surface area contributed by atoms with E-state index in [9.17, 15) is 14.9 Å². The van der Waals surface area contributed by atoms with E-state index in [-0.39, 0.29) is 17.0 Å². The summed E-state index contributed by atoms with van der Waals surface area (Å²) in [4.78, 5) is 27.4. The third-order valence-corrected chi connectivity index (χ3v) is 6.42. The zero-order valence-electron chi connectivity index (χ0n) is 17.3. The lowest BCUT2D eigenvalue weighted by atomic mass is 10.0. The number of rotatable bonds is 5. The van der Waals surface area contributed by atoms with E-state index in [0.717, 1.165) is 5.56 Å². The molecule has 1 N–H and O–H groups in total. The Hall–Kier alpha value is -2.89. The van der Waals surface area contributed by atoms with Crippen molar-refractivity contribution in [3.05, 3.63) is 67.3 Å². The summed E-state index contributed by atoms with van der Waals surface area (Å²) < 4.78 is 1.93. The van der Waals surface area contributed by atoms with Gasteiger partial charge in [0.1, 0.15) is 21.8 Å². The van der Waals surface area contributed by atoms with E-state index in [4.69, 9.17) is 12.2 Å². The molecule has 0 radical (unpaired) electrons. The maximum absolute atomic E-state index is 12.7. The number of nitrogens with zero attached hydrogens (tertiary/aromatic N) is 3. The van der Waals surface area contributed by atoms with E-state index in [1.54, 1.807) is 20.0 Å². The molecule has 0 saturated carbocycles. The molecule has 1 aromatic heterocycles. The lowest BCUT2D eigenvalue weighted by Crippen LogP contribution is -2.27. The summed E-state index contributed by atoms with van der Waals surface area (Å²) in [5, 5.41) is 12.8. The lowest BCUT2D eigenvalue weighted by Gasteiger charge is -2.18. The molecule has 0 unspecified atom stereocenters. The van der Waals surface area contributed by atoms with Gasteiger partial charge < -0.3 is 5.32 Å². The van der Waals surface area contributed by atoms with Crippen LogP contribution in [0.2, 0.25) is 0 Å². The van der Waals surface area contributed by atoms with Crippen LogP contribution in [0.3, 0.4) is 0 Å². The van der Waals surface area contributed by atoms with Crippen LogP contribution in [0.25, 0.3) is 6.08 Å². The fourth-order valence-corrected chi connectivity index (χ4v) is 4.61. The fourth-order valence-electron chi connectivity index (χ4n) is 3.24. The average Bonchev–Trinajstić information content (AvgIpc) is 2.99. The number of aromatic nitrogens is 1. The molecule has 0 atom stereocenters. The molecule has 0 bridgehead atoms. The first kappa shape index (κ1) is 21.8. The van der Waals surface area contributed by atoms with Crippen LogP contribution in [0.4, 0.5) is 5.82 Å². The largest absolute Gasteiger partial charge is 0.367 e. The van der Waals surface area contributed by atoms with Crippen molar-refractivity contribution in [1.29, 1.82) is 5.26 Å². The van der Waals surface area contributed by atoms with Gasteiger partial charge in [0.15, 0.2) is 0 Å². The van der Waals surface area contributed by atoms with Crippen molar-refractivity contribution >= 4 is 46.1 Å². The number of anilines is 1. The maximum atomic E-state index is 12.7. The van der Waals surface area contributed by atoms with Crippen molar-refractivity contribution in [2.75, 3.05) is 11.9 Å². The van der Waals surface area contributed by atoms with Crippen LogP contribution in [-0.4, -0.2) is 26.2 Å². The summed E-state index contributed by atoms with van der Waals surface area (Å²) >= 11 is 6.53. The Kier molecular flexibility index (Phi) is 6.44. The molecule has 2 aromatic rings. The van der Waals surface area contributed by atoms with Gasteiger partial charge in [0.2, 0.25) is 0 Å². The summed E-state index contributed by atoms with van der Waals surface area (Å²) in [5.74, 6) is 0.391. The number of carbonyl (C=O) groups is 1. The van der Waals surface area contributed by atoms with E-state index in [0.29, 0.717) is 39.3 Å². The Morgan fingerprint density at radius 3 is 2.47 bits per heavy atom. The molecule has 30 heavy (non-hydrogen) atoms. The normalized spacial score (nSPS) is 15.0. The highest BCUT2D eigenvalue weighted by atomic mass is 32.2. The highest BCUT2D eigenvalue weighted by molar-refractivity contribution is 8.26. The zero-order valence-corrected chi connectivity index (χ0v) is 18.9. The minimum Gasteiger partial charge on any atom is -0.367 e. The number of hydrogen-bond donors (Lipinski definition) is 1. The molecule has 3 rings (SSSR count). The first-order valence-corrected chi connectivity index (χ1v) is 10.7. The number of likely N-dealkylation sites (N-methyl/N-ethyl adjacent to an activating group) is 1. The fraction of sp³-hybridized carbons (Fsp3) is 0.273. The molecule has 8 heteroatoms. The molecule has 0 aliphatic carbocycles. The molecule has 1 aliphatic heterocycles. The van der Waals surface area contributed by atoms with E-state index < -0.39 is 0 Å². The average molecular weight is 439 g/mol. The van der Waals surface area contributed by atoms with Crippen molar-refractivity contribution in [1.82, 2.24) is 9.47 Å². The second-order valence-electron chi connectivity index (χ2n) is 7.00. The number of benzene rings is 1. The Morgan fingerprint density at radius 2 is 1.90 bits per heavy atom. The van der Waals surface area contributed by atoms with Crippen LogP contribution >= 0.6 is 24.0 Å². The van der Waals surface area contributed by atoms with Crippen molar-refractivity contribution in [3.63, 3.8) is 0 Å². The number of pyridine rings is 1. The van der Waals surface area contributed by atoms with Crippen LogP contribution in [0.5, 0.6) is 0 Å². The third kappa shape index (κ3) is 4.04. The quantitative estimate of drug-likeness (QED) is 0.566. The van der Waals surface area contributed by atoms with Gasteiger partial charge in [-0.25, -0.2) is 0 Å².